The summed E-state index contributed by atoms with van der Waals surface area (Å²) >= 11 is 0. The molecule has 0 saturated heterocycles. The molecule has 18 heavy (non-hydrogen) atoms. The Balaban J connectivity index is 2.31. The van der Waals surface area contributed by atoms with Crippen LogP contribution in [0.15, 0.2) is 6.20 Å². The molecule has 8 heteroatoms. The highest BCUT2D eigenvalue weighted by atomic mass is 16.4. The van der Waals surface area contributed by atoms with Crippen molar-refractivity contribution in [2.24, 2.45) is 11.7 Å². The Morgan fingerprint density at radius 1 is 1.61 bits per heavy atom. The second-order valence-corrected chi connectivity index (χ2v) is 4.12. The Labute approximate surface area is 104 Å². The zero-order valence-electron chi connectivity index (χ0n) is 10.2. The molecule has 0 aromatic carbocycles. The number of nitrogens with zero attached hydrogens (tertiary/aromatic N) is 3. The molecule has 0 saturated carbocycles. The molecule has 1 rings (SSSR count). The number of carboxylic acid groups (broad SMARTS) is 1. The van der Waals surface area contributed by atoms with E-state index in [-0.39, 0.29) is 31.3 Å². The summed E-state index contributed by atoms with van der Waals surface area (Å²) in [4.78, 5) is 22.0. The standard InChI is InChI=1S/C10H17N5O3/c1-7(2-10(17)18)4-12-9(16)6-15-5-8(3-11)13-14-15/h5,7H,2-4,6,11H2,1H3,(H,12,16)(H,17,18). The molecule has 0 fully saturated rings. The lowest BCUT2D eigenvalue weighted by atomic mass is 10.1. The van der Waals surface area contributed by atoms with E-state index in [1.165, 1.54) is 4.68 Å². The second kappa shape index (κ2) is 6.70. The number of rotatable bonds is 7. The van der Waals surface area contributed by atoms with Gasteiger partial charge in [0.2, 0.25) is 5.91 Å². The van der Waals surface area contributed by atoms with Crippen LogP contribution in [-0.4, -0.2) is 38.5 Å². The van der Waals surface area contributed by atoms with Crippen LogP contribution in [0, 0.1) is 5.92 Å². The van der Waals surface area contributed by atoms with Gasteiger partial charge in [-0.15, -0.1) is 5.10 Å². The highest BCUT2D eigenvalue weighted by molar-refractivity contribution is 5.75. The molecule has 0 spiro atoms. The first kappa shape index (κ1) is 14.1. The fraction of sp³-hybridized carbons (Fsp3) is 0.600. The van der Waals surface area contributed by atoms with Crippen molar-refractivity contribution >= 4 is 11.9 Å². The summed E-state index contributed by atoms with van der Waals surface area (Å²) in [5.74, 6) is -1.22. The fourth-order valence-electron chi connectivity index (χ4n) is 1.37. The molecule has 1 aromatic heterocycles. The average molecular weight is 255 g/mol. The zero-order chi connectivity index (χ0) is 13.5. The van der Waals surface area contributed by atoms with Gasteiger partial charge in [0.1, 0.15) is 6.54 Å². The van der Waals surface area contributed by atoms with Crippen molar-refractivity contribution in [3.8, 4) is 0 Å². The first-order valence-corrected chi connectivity index (χ1v) is 5.58. The molecule has 0 aliphatic rings. The summed E-state index contributed by atoms with van der Waals surface area (Å²) < 4.78 is 1.39. The highest BCUT2D eigenvalue weighted by Crippen LogP contribution is 1.99. The van der Waals surface area contributed by atoms with Crippen molar-refractivity contribution in [2.75, 3.05) is 6.54 Å². The van der Waals surface area contributed by atoms with E-state index in [0.717, 1.165) is 0 Å². The third-order valence-corrected chi connectivity index (χ3v) is 2.27. The molecule has 1 unspecified atom stereocenters. The van der Waals surface area contributed by atoms with Crippen molar-refractivity contribution in [1.82, 2.24) is 20.3 Å². The number of hydrogen-bond donors (Lipinski definition) is 3. The quantitative estimate of drug-likeness (QED) is 0.572. The average Bonchev–Trinajstić information content (AvgIpc) is 2.73. The van der Waals surface area contributed by atoms with E-state index in [1.54, 1.807) is 13.1 Å². The molecule has 0 radical (unpaired) electrons. The van der Waals surface area contributed by atoms with Crippen molar-refractivity contribution in [2.45, 2.75) is 26.4 Å². The number of hydrogen-bond acceptors (Lipinski definition) is 5. The summed E-state index contributed by atoms with van der Waals surface area (Å²) in [5.41, 5.74) is 5.98. The molecule has 1 heterocycles. The molecule has 4 N–H and O–H groups in total. The zero-order valence-corrected chi connectivity index (χ0v) is 10.2. The monoisotopic (exact) mass is 255 g/mol. The largest absolute Gasteiger partial charge is 0.481 e. The number of aliphatic carboxylic acids is 1. The Hall–Kier alpha value is -1.96. The van der Waals surface area contributed by atoms with E-state index in [9.17, 15) is 9.59 Å². The number of carboxylic acids is 1. The summed E-state index contributed by atoms with van der Waals surface area (Å²) in [6.45, 7) is 2.41. The van der Waals surface area contributed by atoms with Crippen molar-refractivity contribution in [1.29, 1.82) is 0 Å². The smallest absolute Gasteiger partial charge is 0.303 e. The van der Waals surface area contributed by atoms with Crippen LogP contribution in [0.4, 0.5) is 0 Å². The van der Waals surface area contributed by atoms with Crippen LogP contribution >= 0.6 is 0 Å². The first-order valence-electron chi connectivity index (χ1n) is 5.58. The summed E-state index contributed by atoms with van der Waals surface area (Å²) in [6, 6.07) is 0. The molecule has 100 valence electrons. The molecule has 0 bridgehead atoms. The Bertz CT molecular complexity index is 417. The van der Waals surface area contributed by atoms with Gasteiger partial charge in [-0.1, -0.05) is 12.1 Å². The van der Waals surface area contributed by atoms with E-state index >= 15 is 0 Å². The van der Waals surface area contributed by atoms with Crippen LogP contribution in [0.1, 0.15) is 19.0 Å². The van der Waals surface area contributed by atoms with Crippen molar-refractivity contribution in [3.05, 3.63) is 11.9 Å². The Morgan fingerprint density at radius 2 is 2.33 bits per heavy atom. The minimum absolute atomic E-state index is 0.0287. The third kappa shape index (κ3) is 4.91. The second-order valence-electron chi connectivity index (χ2n) is 4.12. The Morgan fingerprint density at radius 3 is 2.89 bits per heavy atom. The maximum Gasteiger partial charge on any atom is 0.303 e. The van der Waals surface area contributed by atoms with E-state index in [0.29, 0.717) is 12.2 Å². The number of nitrogens with two attached hydrogens (primary N) is 1. The van der Waals surface area contributed by atoms with Gasteiger partial charge >= 0.3 is 5.97 Å². The summed E-state index contributed by atoms with van der Waals surface area (Å²) in [5, 5.41) is 18.7. The van der Waals surface area contributed by atoms with Gasteiger partial charge in [-0.05, 0) is 5.92 Å². The molecule has 1 amide bonds. The number of amides is 1. The minimum atomic E-state index is -0.874. The van der Waals surface area contributed by atoms with Crippen molar-refractivity contribution in [3.63, 3.8) is 0 Å². The maximum atomic E-state index is 11.5. The molecule has 1 atom stereocenters. The van der Waals surface area contributed by atoms with Gasteiger partial charge in [-0.25, -0.2) is 4.68 Å². The number of nitrogens with one attached hydrogen (secondary N) is 1. The Kier molecular flexibility index (Phi) is 5.25. The molecule has 0 aliphatic heterocycles. The van der Waals surface area contributed by atoms with E-state index in [2.05, 4.69) is 15.6 Å². The number of carbonyl (C=O) groups is 2. The van der Waals surface area contributed by atoms with Gasteiger partial charge in [-0.2, -0.15) is 0 Å². The van der Waals surface area contributed by atoms with E-state index in [4.69, 9.17) is 10.8 Å². The van der Waals surface area contributed by atoms with E-state index < -0.39 is 5.97 Å². The first-order chi connectivity index (χ1) is 8.51. The van der Waals surface area contributed by atoms with Crippen LogP contribution in [-0.2, 0) is 22.7 Å². The molecular weight excluding hydrogens is 238 g/mol. The number of aromatic nitrogens is 3. The SMILES string of the molecule is CC(CNC(=O)Cn1cc(CN)nn1)CC(=O)O. The van der Waals surface area contributed by atoms with Gasteiger partial charge in [0, 0.05) is 19.5 Å². The van der Waals surface area contributed by atoms with Crippen LogP contribution in [0.2, 0.25) is 0 Å². The predicted octanol–water partition coefficient (Wildman–Crippen LogP) is -1.04. The highest BCUT2D eigenvalue weighted by Gasteiger charge is 2.10. The number of carbonyl (C=O) groups excluding carboxylic acids is 1. The lowest BCUT2D eigenvalue weighted by Gasteiger charge is -2.09. The van der Waals surface area contributed by atoms with Gasteiger partial charge in [0.25, 0.3) is 0 Å². The van der Waals surface area contributed by atoms with Crippen LogP contribution in [0.5, 0.6) is 0 Å². The molecule has 1 aromatic rings. The normalized spacial score (nSPS) is 12.1. The van der Waals surface area contributed by atoms with Gasteiger partial charge in [-0.3, -0.25) is 9.59 Å². The van der Waals surface area contributed by atoms with Crippen LogP contribution < -0.4 is 11.1 Å². The summed E-state index contributed by atoms with van der Waals surface area (Å²) in [7, 11) is 0. The molecule has 8 nitrogen and oxygen atoms in total. The maximum absolute atomic E-state index is 11.5. The molecular formula is C10H17N5O3. The fourth-order valence-corrected chi connectivity index (χ4v) is 1.37. The van der Waals surface area contributed by atoms with Crippen LogP contribution in [0.3, 0.4) is 0 Å². The lowest BCUT2D eigenvalue weighted by molar-refractivity contribution is -0.138. The topological polar surface area (TPSA) is 123 Å². The predicted molar refractivity (Wildman–Crippen MR) is 62.3 cm³/mol. The van der Waals surface area contributed by atoms with Gasteiger partial charge < -0.3 is 16.2 Å². The van der Waals surface area contributed by atoms with Gasteiger partial charge in [0.05, 0.1) is 11.9 Å². The molecule has 0 aliphatic carbocycles. The lowest BCUT2D eigenvalue weighted by Crippen LogP contribution is -2.32. The summed E-state index contributed by atoms with van der Waals surface area (Å²) in [6.07, 6.45) is 1.63. The minimum Gasteiger partial charge on any atom is -0.481 e. The van der Waals surface area contributed by atoms with Gasteiger partial charge in [0.15, 0.2) is 0 Å². The van der Waals surface area contributed by atoms with Crippen LogP contribution in [0.25, 0.3) is 0 Å². The van der Waals surface area contributed by atoms with E-state index in [1.807, 2.05) is 0 Å². The third-order valence-electron chi connectivity index (χ3n) is 2.27. The van der Waals surface area contributed by atoms with Crippen molar-refractivity contribution < 1.29 is 14.7 Å².